The number of hydrogen-bond donors (Lipinski definition) is 0. The van der Waals surface area contributed by atoms with Crippen LogP contribution in [0.15, 0.2) is 17.5 Å². The Morgan fingerprint density at radius 3 is 3.18 bits per heavy atom. The molecule has 3 heterocycles. The lowest BCUT2D eigenvalue weighted by Gasteiger charge is -2.37. The van der Waals surface area contributed by atoms with E-state index in [2.05, 4.69) is 9.80 Å². The molecule has 17 heavy (non-hydrogen) atoms. The van der Waals surface area contributed by atoms with Crippen molar-refractivity contribution in [3.05, 3.63) is 22.4 Å². The molecule has 2 aliphatic rings. The molecule has 1 atom stereocenters. The highest BCUT2D eigenvalue weighted by Gasteiger charge is 2.31. The van der Waals surface area contributed by atoms with Gasteiger partial charge in [0.05, 0.1) is 11.4 Å². The lowest BCUT2D eigenvalue weighted by atomic mass is 10.1. The van der Waals surface area contributed by atoms with Crippen LogP contribution in [0, 0.1) is 0 Å². The first-order valence-corrected chi connectivity index (χ1v) is 7.24. The van der Waals surface area contributed by atoms with Gasteiger partial charge >= 0.3 is 0 Å². The molecule has 0 aliphatic carbocycles. The fourth-order valence-electron chi connectivity index (χ4n) is 2.92. The minimum Gasteiger partial charge on any atom is -0.298 e. The Morgan fingerprint density at radius 2 is 2.35 bits per heavy atom. The van der Waals surface area contributed by atoms with Crippen LogP contribution in [0.1, 0.15) is 22.5 Å². The molecule has 0 saturated carbocycles. The Morgan fingerprint density at radius 1 is 1.41 bits per heavy atom. The van der Waals surface area contributed by atoms with E-state index in [-0.39, 0.29) is 5.78 Å². The van der Waals surface area contributed by atoms with Crippen molar-refractivity contribution in [2.75, 3.05) is 32.7 Å². The van der Waals surface area contributed by atoms with Crippen LogP contribution in [-0.2, 0) is 0 Å². The normalized spacial score (nSPS) is 26.0. The fourth-order valence-corrected chi connectivity index (χ4v) is 3.57. The van der Waals surface area contributed by atoms with E-state index in [0.717, 1.165) is 24.5 Å². The number of carbonyl (C=O) groups excluding carboxylic acids is 1. The van der Waals surface area contributed by atoms with Crippen LogP contribution < -0.4 is 0 Å². The highest BCUT2D eigenvalue weighted by atomic mass is 32.1. The van der Waals surface area contributed by atoms with Crippen molar-refractivity contribution in [1.82, 2.24) is 9.80 Å². The van der Waals surface area contributed by atoms with E-state index in [9.17, 15) is 4.79 Å². The summed E-state index contributed by atoms with van der Waals surface area (Å²) < 4.78 is 0. The number of ketones is 1. The monoisotopic (exact) mass is 250 g/mol. The Kier molecular flexibility index (Phi) is 3.27. The quantitative estimate of drug-likeness (QED) is 0.763. The Labute approximate surface area is 106 Å². The molecule has 3 nitrogen and oxygen atoms in total. The van der Waals surface area contributed by atoms with E-state index >= 15 is 0 Å². The van der Waals surface area contributed by atoms with E-state index in [1.54, 1.807) is 11.3 Å². The molecule has 0 spiro atoms. The summed E-state index contributed by atoms with van der Waals surface area (Å²) in [5.74, 6) is 0.284. The van der Waals surface area contributed by atoms with Crippen molar-refractivity contribution >= 4 is 17.1 Å². The second kappa shape index (κ2) is 4.88. The molecule has 0 bridgehead atoms. The smallest absolute Gasteiger partial charge is 0.186 e. The third kappa shape index (κ3) is 2.44. The molecule has 3 rings (SSSR count). The summed E-state index contributed by atoms with van der Waals surface area (Å²) in [7, 11) is 0. The van der Waals surface area contributed by atoms with E-state index in [1.807, 2.05) is 17.5 Å². The van der Waals surface area contributed by atoms with Gasteiger partial charge in [0.25, 0.3) is 0 Å². The lowest BCUT2D eigenvalue weighted by molar-refractivity contribution is 0.0787. The van der Waals surface area contributed by atoms with Gasteiger partial charge in [0.15, 0.2) is 5.78 Å². The van der Waals surface area contributed by atoms with Crippen LogP contribution in [0.2, 0.25) is 0 Å². The van der Waals surface area contributed by atoms with Crippen LogP contribution in [-0.4, -0.2) is 54.3 Å². The zero-order chi connectivity index (χ0) is 11.7. The predicted molar refractivity (Wildman–Crippen MR) is 69.7 cm³/mol. The zero-order valence-electron chi connectivity index (χ0n) is 9.97. The largest absolute Gasteiger partial charge is 0.298 e. The molecular weight excluding hydrogens is 232 g/mol. The molecule has 1 unspecified atom stereocenters. The maximum Gasteiger partial charge on any atom is 0.186 e. The molecule has 2 saturated heterocycles. The SMILES string of the molecule is O=C(CN1CCN2CCCC2C1)c1cccs1. The van der Waals surface area contributed by atoms with Crippen LogP contribution in [0.5, 0.6) is 0 Å². The minimum absolute atomic E-state index is 0.284. The van der Waals surface area contributed by atoms with E-state index in [4.69, 9.17) is 0 Å². The fraction of sp³-hybridized carbons (Fsp3) is 0.615. The maximum atomic E-state index is 12.0. The van der Waals surface area contributed by atoms with Crippen molar-refractivity contribution < 1.29 is 4.79 Å². The molecule has 1 aromatic rings. The van der Waals surface area contributed by atoms with Gasteiger partial charge in [-0.1, -0.05) is 6.07 Å². The summed E-state index contributed by atoms with van der Waals surface area (Å²) in [6.07, 6.45) is 2.64. The van der Waals surface area contributed by atoms with E-state index in [1.165, 1.54) is 19.4 Å². The van der Waals surface area contributed by atoms with Crippen LogP contribution in [0.25, 0.3) is 0 Å². The van der Waals surface area contributed by atoms with Gasteiger partial charge in [-0.05, 0) is 30.8 Å². The Balaban J connectivity index is 1.57. The highest BCUT2D eigenvalue weighted by Crippen LogP contribution is 2.21. The number of fused-ring (bicyclic) bond motifs is 1. The van der Waals surface area contributed by atoms with Gasteiger partial charge in [0.2, 0.25) is 0 Å². The molecule has 2 fully saturated rings. The van der Waals surface area contributed by atoms with Crippen molar-refractivity contribution in [1.29, 1.82) is 0 Å². The molecule has 0 radical (unpaired) electrons. The topological polar surface area (TPSA) is 23.6 Å². The lowest BCUT2D eigenvalue weighted by Crippen LogP contribution is -2.51. The predicted octanol–water partition coefficient (Wildman–Crippen LogP) is 1.71. The molecule has 0 N–H and O–H groups in total. The number of thiophene rings is 1. The number of rotatable bonds is 3. The van der Waals surface area contributed by atoms with Crippen molar-refractivity contribution in [2.24, 2.45) is 0 Å². The van der Waals surface area contributed by atoms with E-state index < -0.39 is 0 Å². The summed E-state index contributed by atoms with van der Waals surface area (Å²) in [5.41, 5.74) is 0. The molecule has 4 heteroatoms. The molecule has 0 aromatic carbocycles. The first kappa shape index (κ1) is 11.4. The maximum absolute atomic E-state index is 12.0. The highest BCUT2D eigenvalue weighted by molar-refractivity contribution is 7.12. The second-order valence-corrected chi connectivity index (χ2v) is 5.92. The van der Waals surface area contributed by atoms with Crippen LogP contribution in [0.3, 0.4) is 0 Å². The van der Waals surface area contributed by atoms with Gasteiger partial charge in [-0.15, -0.1) is 11.3 Å². The van der Waals surface area contributed by atoms with Gasteiger partial charge in [-0.25, -0.2) is 0 Å². The van der Waals surface area contributed by atoms with Crippen molar-refractivity contribution in [3.8, 4) is 0 Å². The number of hydrogen-bond acceptors (Lipinski definition) is 4. The Bertz CT molecular complexity index is 390. The first-order chi connectivity index (χ1) is 8.33. The van der Waals surface area contributed by atoms with Gasteiger partial charge in [0.1, 0.15) is 0 Å². The third-order valence-electron chi connectivity index (χ3n) is 3.83. The summed E-state index contributed by atoms with van der Waals surface area (Å²) in [6, 6.07) is 4.59. The average molecular weight is 250 g/mol. The zero-order valence-corrected chi connectivity index (χ0v) is 10.8. The summed E-state index contributed by atoms with van der Waals surface area (Å²) >= 11 is 1.55. The molecular formula is C13H18N2OS. The van der Waals surface area contributed by atoms with Crippen molar-refractivity contribution in [2.45, 2.75) is 18.9 Å². The molecule has 2 aliphatic heterocycles. The average Bonchev–Trinajstić information content (AvgIpc) is 2.99. The van der Waals surface area contributed by atoms with E-state index in [0.29, 0.717) is 12.6 Å². The van der Waals surface area contributed by atoms with Gasteiger partial charge in [-0.2, -0.15) is 0 Å². The molecule has 1 aromatic heterocycles. The second-order valence-electron chi connectivity index (χ2n) is 4.97. The summed E-state index contributed by atoms with van der Waals surface area (Å²) in [6.45, 7) is 5.13. The standard InChI is InChI=1S/C13H18N2OS/c16-12(13-4-2-8-17-13)10-14-6-7-15-5-1-3-11(15)9-14/h2,4,8,11H,1,3,5-7,9-10H2. The van der Waals surface area contributed by atoms with Crippen LogP contribution >= 0.6 is 11.3 Å². The number of carbonyl (C=O) groups is 1. The molecule has 0 amide bonds. The van der Waals surface area contributed by atoms with Crippen molar-refractivity contribution in [3.63, 3.8) is 0 Å². The van der Waals surface area contributed by atoms with Gasteiger partial charge < -0.3 is 0 Å². The first-order valence-electron chi connectivity index (χ1n) is 6.36. The number of nitrogens with zero attached hydrogens (tertiary/aromatic N) is 2. The number of piperazine rings is 1. The summed E-state index contributed by atoms with van der Waals surface area (Å²) in [4.78, 5) is 17.8. The summed E-state index contributed by atoms with van der Waals surface area (Å²) in [5, 5.41) is 1.97. The van der Waals surface area contributed by atoms with Crippen LogP contribution in [0.4, 0.5) is 0 Å². The van der Waals surface area contributed by atoms with Gasteiger partial charge in [0, 0.05) is 25.7 Å². The number of Topliss-reactive ketones (excluding diaryl/α,β-unsaturated/α-hetero) is 1. The Hall–Kier alpha value is -0.710. The third-order valence-corrected chi connectivity index (χ3v) is 4.75. The molecule has 92 valence electrons. The minimum atomic E-state index is 0.284. The van der Waals surface area contributed by atoms with Gasteiger partial charge in [-0.3, -0.25) is 14.6 Å².